The first-order valence-electron chi connectivity index (χ1n) is 8.43. The first kappa shape index (κ1) is 16.3. The van der Waals surface area contributed by atoms with Gasteiger partial charge in [0.05, 0.1) is 5.76 Å². The summed E-state index contributed by atoms with van der Waals surface area (Å²) in [5, 5.41) is 0. The maximum absolute atomic E-state index is 6.46. The molecule has 0 aromatic heterocycles. The van der Waals surface area contributed by atoms with E-state index in [-0.39, 0.29) is 5.41 Å². The number of allylic oxidation sites excluding steroid dienone is 2. The van der Waals surface area contributed by atoms with E-state index in [4.69, 9.17) is 4.43 Å². The Morgan fingerprint density at radius 2 is 1.81 bits per heavy atom. The third-order valence-corrected chi connectivity index (χ3v) is 5.22. The Kier molecular flexibility index (Phi) is 4.98. The van der Waals surface area contributed by atoms with Gasteiger partial charge in [-0.15, -0.1) is 0 Å². The maximum Gasteiger partial charge on any atom is 0.229 e. The van der Waals surface area contributed by atoms with Gasteiger partial charge in [-0.1, -0.05) is 58.4 Å². The fourth-order valence-corrected chi connectivity index (χ4v) is 4.52. The van der Waals surface area contributed by atoms with E-state index in [1.54, 1.807) is 0 Å². The highest BCUT2D eigenvalue weighted by molar-refractivity contribution is 6.48. The summed E-state index contributed by atoms with van der Waals surface area (Å²) in [7, 11) is -1.10. The zero-order chi connectivity index (χ0) is 15.6. The summed E-state index contributed by atoms with van der Waals surface area (Å²) in [5.41, 5.74) is 4.58. The van der Waals surface area contributed by atoms with E-state index in [1.165, 1.54) is 35.3 Å². The molecule has 0 radical (unpaired) electrons. The minimum atomic E-state index is -1.10. The van der Waals surface area contributed by atoms with Crippen LogP contribution in [0.25, 0.3) is 5.57 Å². The summed E-state index contributed by atoms with van der Waals surface area (Å²) in [6.07, 6.45) is 3.54. The van der Waals surface area contributed by atoms with Crippen molar-refractivity contribution in [2.24, 2.45) is 5.41 Å². The molecule has 0 aliphatic heterocycles. The van der Waals surface area contributed by atoms with E-state index in [0.29, 0.717) is 5.92 Å². The fraction of sp³-hybridized carbons (Fsp3) is 0.579. The molecule has 0 N–H and O–H groups in total. The Labute approximate surface area is 132 Å². The molecule has 2 heteroatoms. The van der Waals surface area contributed by atoms with Gasteiger partial charge in [0.25, 0.3) is 0 Å². The van der Waals surface area contributed by atoms with Crippen molar-refractivity contribution in [1.82, 2.24) is 0 Å². The lowest BCUT2D eigenvalue weighted by Crippen LogP contribution is -2.17. The predicted molar refractivity (Wildman–Crippen MR) is 95.0 cm³/mol. The van der Waals surface area contributed by atoms with Gasteiger partial charge in [0, 0.05) is 11.5 Å². The Balaban J connectivity index is 2.60. The normalized spacial score (nSPS) is 18.3. The minimum Gasteiger partial charge on any atom is -0.549 e. The lowest BCUT2D eigenvalue weighted by molar-refractivity contribution is 0.376. The van der Waals surface area contributed by atoms with Crippen molar-refractivity contribution in [3.8, 4) is 0 Å². The SMILES string of the molecule is CCCC(C)(C)C1=C(O[SiH](C)C)C(CC)c2ccccc21. The van der Waals surface area contributed by atoms with Crippen LogP contribution in [0.15, 0.2) is 30.0 Å². The van der Waals surface area contributed by atoms with Crippen LogP contribution in [-0.4, -0.2) is 9.04 Å². The quantitative estimate of drug-likeness (QED) is 0.610. The molecule has 1 aromatic carbocycles. The van der Waals surface area contributed by atoms with Crippen LogP contribution in [0.2, 0.25) is 13.1 Å². The van der Waals surface area contributed by atoms with Gasteiger partial charge in [-0.2, -0.15) is 0 Å². The molecular formula is C19H30OSi. The van der Waals surface area contributed by atoms with E-state index in [1.807, 2.05) is 0 Å². The number of hydrogen-bond donors (Lipinski definition) is 0. The Hall–Kier alpha value is -1.02. The number of fused-ring (bicyclic) bond motifs is 1. The predicted octanol–water partition coefficient (Wildman–Crippen LogP) is 5.73. The molecule has 1 nitrogen and oxygen atoms in total. The van der Waals surface area contributed by atoms with Gasteiger partial charge in [-0.3, -0.25) is 0 Å². The molecule has 0 fully saturated rings. The second-order valence-electron chi connectivity index (χ2n) is 7.09. The maximum atomic E-state index is 6.46. The van der Waals surface area contributed by atoms with E-state index in [9.17, 15) is 0 Å². The zero-order valence-electron chi connectivity index (χ0n) is 14.5. The van der Waals surface area contributed by atoms with Gasteiger partial charge < -0.3 is 4.43 Å². The average Bonchev–Trinajstić information content (AvgIpc) is 2.71. The summed E-state index contributed by atoms with van der Waals surface area (Å²) in [4.78, 5) is 0. The van der Waals surface area contributed by atoms with E-state index in [2.05, 4.69) is 65.1 Å². The van der Waals surface area contributed by atoms with Crippen LogP contribution in [-0.2, 0) is 4.43 Å². The molecule has 0 amide bonds. The molecule has 1 atom stereocenters. The molecular weight excluding hydrogens is 272 g/mol. The first-order valence-corrected chi connectivity index (χ1v) is 11.2. The van der Waals surface area contributed by atoms with Crippen LogP contribution in [0, 0.1) is 5.41 Å². The lowest BCUT2D eigenvalue weighted by Gasteiger charge is -2.29. The fourth-order valence-electron chi connectivity index (χ4n) is 3.73. The molecule has 0 bridgehead atoms. The summed E-state index contributed by atoms with van der Waals surface area (Å²) in [6.45, 7) is 13.9. The van der Waals surface area contributed by atoms with Gasteiger partial charge in [0.2, 0.25) is 9.04 Å². The second kappa shape index (κ2) is 6.39. The first-order chi connectivity index (χ1) is 9.92. The van der Waals surface area contributed by atoms with Crippen molar-refractivity contribution in [2.75, 3.05) is 0 Å². The topological polar surface area (TPSA) is 9.23 Å². The van der Waals surface area contributed by atoms with Crippen molar-refractivity contribution in [3.05, 3.63) is 41.2 Å². The molecule has 1 aliphatic rings. The molecule has 0 heterocycles. The van der Waals surface area contributed by atoms with Crippen LogP contribution in [0.3, 0.4) is 0 Å². The smallest absolute Gasteiger partial charge is 0.229 e. The van der Waals surface area contributed by atoms with Crippen LogP contribution >= 0.6 is 0 Å². The lowest BCUT2D eigenvalue weighted by atomic mass is 9.77. The molecule has 0 saturated carbocycles. The molecule has 0 saturated heterocycles. The highest BCUT2D eigenvalue weighted by Crippen LogP contribution is 2.52. The third-order valence-electron chi connectivity index (χ3n) is 4.49. The summed E-state index contributed by atoms with van der Waals surface area (Å²) >= 11 is 0. The second-order valence-corrected chi connectivity index (χ2v) is 9.42. The van der Waals surface area contributed by atoms with Gasteiger partial charge >= 0.3 is 0 Å². The molecule has 0 spiro atoms. The molecule has 116 valence electrons. The molecule has 1 aliphatic carbocycles. The van der Waals surface area contributed by atoms with Crippen molar-refractivity contribution in [1.29, 1.82) is 0 Å². The minimum absolute atomic E-state index is 0.188. The van der Waals surface area contributed by atoms with Gasteiger partial charge in [0.15, 0.2) is 0 Å². The largest absolute Gasteiger partial charge is 0.549 e. The van der Waals surface area contributed by atoms with Crippen LogP contribution in [0.4, 0.5) is 0 Å². The average molecular weight is 303 g/mol. The standard InChI is InChI=1S/C19H30OSi/c1-7-13-19(3,4)17-16-12-10-9-11-15(16)14(8-2)18(17)20-21(5)6/h9-12,14,21H,7-8,13H2,1-6H3. The van der Waals surface area contributed by atoms with Crippen molar-refractivity contribution in [2.45, 2.75) is 66.0 Å². The summed E-state index contributed by atoms with van der Waals surface area (Å²) in [5.74, 6) is 1.75. The Morgan fingerprint density at radius 1 is 1.14 bits per heavy atom. The van der Waals surface area contributed by atoms with Crippen LogP contribution in [0.1, 0.15) is 64.0 Å². The molecule has 1 aromatic rings. The van der Waals surface area contributed by atoms with Crippen LogP contribution < -0.4 is 0 Å². The van der Waals surface area contributed by atoms with Gasteiger partial charge in [0.1, 0.15) is 0 Å². The van der Waals surface area contributed by atoms with Crippen LogP contribution in [0.5, 0.6) is 0 Å². The zero-order valence-corrected chi connectivity index (χ0v) is 15.6. The summed E-state index contributed by atoms with van der Waals surface area (Å²) < 4.78 is 6.46. The van der Waals surface area contributed by atoms with E-state index in [0.717, 1.165) is 6.42 Å². The third kappa shape index (κ3) is 3.10. The number of hydrogen-bond acceptors (Lipinski definition) is 1. The highest BCUT2D eigenvalue weighted by atomic mass is 28.3. The Morgan fingerprint density at radius 3 is 2.38 bits per heavy atom. The molecule has 1 unspecified atom stereocenters. The highest BCUT2D eigenvalue weighted by Gasteiger charge is 2.38. The van der Waals surface area contributed by atoms with Crippen molar-refractivity contribution in [3.63, 3.8) is 0 Å². The van der Waals surface area contributed by atoms with Crippen molar-refractivity contribution >= 4 is 14.6 Å². The summed E-state index contributed by atoms with van der Waals surface area (Å²) in [6, 6.07) is 8.93. The van der Waals surface area contributed by atoms with E-state index >= 15 is 0 Å². The van der Waals surface area contributed by atoms with E-state index < -0.39 is 9.04 Å². The van der Waals surface area contributed by atoms with Gasteiger partial charge in [-0.05, 0) is 42.5 Å². The number of benzene rings is 1. The van der Waals surface area contributed by atoms with Gasteiger partial charge in [-0.25, -0.2) is 0 Å². The Bertz CT molecular complexity index is 528. The molecule has 21 heavy (non-hydrogen) atoms. The molecule has 2 rings (SSSR count). The monoisotopic (exact) mass is 302 g/mol. The van der Waals surface area contributed by atoms with Crippen molar-refractivity contribution < 1.29 is 4.43 Å². The number of rotatable bonds is 6.